The third-order valence-corrected chi connectivity index (χ3v) is 5.27. The van der Waals surface area contributed by atoms with E-state index in [4.69, 9.17) is 4.42 Å². The molecule has 146 valence electrons. The Morgan fingerprint density at radius 2 is 1.93 bits per heavy atom. The van der Waals surface area contributed by atoms with Crippen molar-refractivity contribution in [3.8, 4) is 0 Å². The number of imidazole rings is 1. The van der Waals surface area contributed by atoms with Gasteiger partial charge in [0.2, 0.25) is 0 Å². The fraction of sp³-hybridized carbons (Fsp3) is 0.381. The molecular weight excluding hydrogens is 356 g/mol. The zero-order valence-electron chi connectivity index (χ0n) is 16.3. The highest BCUT2D eigenvalue weighted by Gasteiger charge is 2.26. The predicted octanol–water partition coefficient (Wildman–Crippen LogP) is 3.78. The van der Waals surface area contributed by atoms with E-state index in [0.29, 0.717) is 28.4 Å². The molecule has 1 fully saturated rings. The number of nitrogens with one attached hydrogen (secondary N) is 2. The molecule has 3 aromatic heterocycles. The van der Waals surface area contributed by atoms with Gasteiger partial charge in [-0.25, -0.2) is 4.98 Å². The van der Waals surface area contributed by atoms with Crippen molar-refractivity contribution in [2.75, 3.05) is 5.32 Å². The topological polar surface area (TPSA) is 88.6 Å². The van der Waals surface area contributed by atoms with Gasteiger partial charge in [0.1, 0.15) is 17.2 Å². The van der Waals surface area contributed by atoms with Gasteiger partial charge in [0, 0.05) is 12.2 Å². The van der Waals surface area contributed by atoms with Crippen LogP contribution in [0.3, 0.4) is 0 Å². The number of hydrogen-bond donors (Lipinski definition) is 2. The summed E-state index contributed by atoms with van der Waals surface area (Å²) in [5.41, 5.74) is 2.35. The number of amides is 2. The van der Waals surface area contributed by atoms with Crippen LogP contribution in [0.4, 0.5) is 5.82 Å². The molecule has 0 aromatic carbocycles. The third kappa shape index (κ3) is 3.28. The normalized spacial score (nSPS) is 14.5. The van der Waals surface area contributed by atoms with Crippen molar-refractivity contribution in [2.24, 2.45) is 0 Å². The third-order valence-electron chi connectivity index (χ3n) is 5.27. The van der Waals surface area contributed by atoms with Crippen LogP contribution in [0, 0.1) is 20.8 Å². The number of pyridine rings is 1. The summed E-state index contributed by atoms with van der Waals surface area (Å²) < 4.78 is 7.19. The van der Waals surface area contributed by atoms with Gasteiger partial charge in [0.15, 0.2) is 11.5 Å². The Balaban J connectivity index is 1.72. The average molecular weight is 380 g/mol. The largest absolute Gasteiger partial charge is 0.466 e. The van der Waals surface area contributed by atoms with Gasteiger partial charge in [-0.3, -0.25) is 14.0 Å². The van der Waals surface area contributed by atoms with E-state index < -0.39 is 0 Å². The minimum absolute atomic E-state index is 0.171. The lowest BCUT2D eigenvalue weighted by molar-refractivity contribution is 0.0933. The molecule has 1 aliphatic carbocycles. The Morgan fingerprint density at radius 3 is 2.61 bits per heavy atom. The Kier molecular flexibility index (Phi) is 4.66. The van der Waals surface area contributed by atoms with Crippen molar-refractivity contribution >= 4 is 23.3 Å². The fourth-order valence-electron chi connectivity index (χ4n) is 3.86. The van der Waals surface area contributed by atoms with Gasteiger partial charge in [0.05, 0.1) is 5.56 Å². The molecule has 4 rings (SSSR count). The smallest absolute Gasteiger partial charge is 0.272 e. The van der Waals surface area contributed by atoms with E-state index in [0.717, 1.165) is 31.2 Å². The lowest BCUT2D eigenvalue weighted by Gasteiger charge is -2.13. The van der Waals surface area contributed by atoms with Crippen LogP contribution < -0.4 is 10.6 Å². The van der Waals surface area contributed by atoms with Crippen LogP contribution in [0.2, 0.25) is 0 Å². The van der Waals surface area contributed by atoms with Crippen molar-refractivity contribution in [2.45, 2.75) is 52.5 Å². The van der Waals surface area contributed by atoms with E-state index in [2.05, 4.69) is 15.6 Å². The number of aromatic nitrogens is 2. The number of aryl methyl sites for hydroxylation is 3. The minimum Gasteiger partial charge on any atom is -0.466 e. The number of fused-ring (bicyclic) bond motifs is 1. The van der Waals surface area contributed by atoms with Crippen LogP contribution in [0.5, 0.6) is 0 Å². The highest BCUT2D eigenvalue weighted by atomic mass is 16.3. The van der Waals surface area contributed by atoms with Crippen molar-refractivity contribution in [1.29, 1.82) is 0 Å². The maximum atomic E-state index is 13.1. The Bertz CT molecular complexity index is 1060. The first-order valence-electron chi connectivity index (χ1n) is 9.61. The quantitative estimate of drug-likeness (QED) is 0.721. The lowest BCUT2D eigenvalue weighted by Crippen LogP contribution is -2.34. The number of hydrogen-bond acceptors (Lipinski definition) is 4. The molecule has 1 aliphatic rings. The first kappa shape index (κ1) is 18.3. The van der Waals surface area contributed by atoms with E-state index in [9.17, 15) is 9.59 Å². The predicted molar refractivity (Wildman–Crippen MR) is 106 cm³/mol. The summed E-state index contributed by atoms with van der Waals surface area (Å²) in [5, 5.41) is 5.90. The van der Waals surface area contributed by atoms with Crippen molar-refractivity contribution in [3.05, 3.63) is 52.7 Å². The van der Waals surface area contributed by atoms with Gasteiger partial charge in [-0.15, -0.1) is 0 Å². The van der Waals surface area contributed by atoms with Gasteiger partial charge in [-0.05, 0) is 51.3 Å². The molecular formula is C21H24N4O3. The van der Waals surface area contributed by atoms with Crippen LogP contribution in [0.25, 0.3) is 5.65 Å². The first-order valence-corrected chi connectivity index (χ1v) is 9.61. The summed E-state index contributed by atoms with van der Waals surface area (Å²) in [6.07, 6.45) is 6.01. The van der Waals surface area contributed by atoms with Crippen LogP contribution >= 0.6 is 0 Å². The van der Waals surface area contributed by atoms with E-state index in [-0.39, 0.29) is 23.7 Å². The van der Waals surface area contributed by atoms with Gasteiger partial charge in [-0.2, -0.15) is 0 Å². The molecule has 2 N–H and O–H groups in total. The van der Waals surface area contributed by atoms with Crippen LogP contribution in [0.15, 0.2) is 28.8 Å². The molecule has 2 amide bonds. The van der Waals surface area contributed by atoms with Crippen molar-refractivity contribution in [3.63, 3.8) is 0 Å². The zero-order chi connectivity index (χ0) is 19.8. The molecule has 7 nitrogen and oxygen atoms in total. The van der Waals surface area contributed by atoms with Gasteiger partial charge >= 0.3 is 0 Å². The Labute approximate surface area is 163 Å². The van der Waals surface area contributed by atoms with E-state index in [1.54, 1.807) is 30.5 Å². The first-order chi connectivity index (χ1) is 13.4. The molecule has 7 heteroatoms. The molecule has 3 heterocycles. The summed E-state index contributed by atoms with van der Waals surface area (Å²) in [7, 11) is 0. The summed E-state index contributed by atoms with van der Waals surface area (Å²) in [4.78, 5) is 30.4. The maximum Gasteiger partial charge on any atom is 0.272 e. The second kappa shape index (κ2) is 7.14. The summed E-state index contributed by atoms with van der Waals surface area (Å²) in [6, 6.07) is 5.65. The van der Waals surface area contributed by atoms with E-state index in [1.807, 2.05) is 19.1 Å². The van der Waals surface area contributed by atoms with Crippen molar-refractivity contribution < 1.29 is 14.0 Å². The second-order valence-electron chi connectivity index (χ2n) is 7.43. The number of carbonyl (C=O) groups is 2. The van der Waals surface area contributed by atoms with Crippen LogP contribution in [0.1, 0.15) is 63.6 Å². The summed E-state index contributed by atoms with van der Waals surface area (Å²) >= 11 is 0. The Morgan fingerprint density at radius 1 is 1.18 bits per heavy atom. The molecule has 0 bridgehead atoms. The highest BCUT2D eigenvalue weighted by Crippen LogP contribution is 2.24. The molecule has 0 aliphatic heterocycles. The minimum atomic E-state index is -0.342. The molecule has 0 saturated heterocycles. The molecule has 0 spiro atoms. The lowest BCUT2D eigenvalue weighted by atomic mass is 10.2. The van der Waals surface area contributed by atoms with Gasteiger partial charge in [0.25, 0.3) is 11.8 Å². The number of rotatable bonds is 4. The molecule has 0 radical (unpaired) electrons. The molecule has 1 saturated carbocycles. The Hall–Kier alpha value is -3.09. The number of anilines is 1. The van der Waals surface area contributed by atoms with Gasteiger partial charge in [-0.1, -0.05) is 18.9 Å². The van der Waals surface area contributed by atoms with Crippen LogP contribution in [-0.2, 0) is 0 Å². The molecule has 3 aromatic rings. The maximum absolute atomic E-state index is 13.1. The fourth-order valence-corrected chi connectivity index (χ4v) is 3.86. The SMILES string of the molecule is Cc1cc(C(=O)Nc2nc3c(C)cccn3c2C(=O)NC2CCCC2)c(C)o1. The second-order valence-corrected chi connectivity index (χ2v) is 7.43. The number of nitrogens with zero attached hydrogens (tertiary/aromatic N) is 2. The van der Waals surface area contributed by atoms with Gasteiger partial charge < -0.3 is 15.1 Å². The highest BCUT2D eigenvalue weighted by molar-refractivity contribution is 6.08. The summed E-state index contributed by atoms with van der Waals surface area (Å²) in [5.74, 6) is 0.887. The molecule has 0 unspecified atom stereocenters. The van der Waals surface area contributed by atoms with E-state index in [1.165, 1.54) is 0 Å². The average Bonchev–Trinajstić information content (AvgIpc) is 3.34. The molecule has 28 heavy (non-hydrogen) atoms. The summed E-state index contributed by atoms with van der Waals surface area (Å²) in [6.45, 7) is 5.46. The number of furan rings is 1. The zero-order valence-corrected chi connectivity index (χ0v) is 16.3. The van der Waals surface area contributed by atoms with Crippen molar-refractivity contribution in [1.82, 2.24) is 14.7 Å². The number of carbonyl (C=O) groups excluding carboxylic acids is 2. The molecule has 0 atom stereocenters. The monoisotopic (exact) mass is 380 g/mol. The van der Waals surface area contributed by atoms with Crippen LogP contribution in [-0.4, -0.2) is 27.2 Å². The van der Waals surface area contributed by atoms with E-state index >= 15 is 0 Å². The standard InChI is InChI=1S/C21H24N4O3/c1-12-7-6-10-25-17(21(27)22-15-8-4-5-9-15)18(23-19(12)25)24-20(26)16-11-13(2)28-14(16)3/h6-7,10-11,15H,4-5,8-9H2,1-3H3,(H,22,27)(H,24,26).